The Labute approximate surface area is 137 Å². The topological polar surface area (TPSA) is 133 Å². The molecule has 9 heteroatoms. The molecule has 2 N–H and O–H groups in total. The van der Waals surface area contributed by atoms with Gasteiger partial charge < -0.3 is 19.8 Å². The van der Waals surface area contributed by atoms with Gasteiger partial charge in [-0.05, 0) is 12.5 Å². The highest BCUT2D eigenvalue weighted by atomic mass is 16.6. The zero-order chi connectivity index (χ0) is 18.0. The van der Waals surface area contributed by atoms with Crippen molar-refractivity contribution in [2.24, 2.45) is 0 Å². The van der Waals surface area contributed by atoms with Crippen molar-refractivity contribution in [3.05, 3.63) is 45.3 Å². The Balaban J connectivity index is 2.80. The lowest BCUT2D eigenvalue weighted by Crippen LogP contribution is -2.12. The van der Waals surface area contributed by atoms with E-state index < -0.39 is 10.9 Å². The molecule has 0 aliphatic heterocycles. The van der Waals surface area contributed by atoms with Gasteiger partial charge in [-0.3, -0.25) is 10.1 Å². The second-order valence-corrected chi connectivity index (χ2v) is 4.85. The fourth-order valence-corrected chi connectivity index (χ4v) is 2.33. The average Bonchev–Trinajstić information content (AvgIpc) is 2.90. The Kier molecular flexibility index (Phi) is 4.41. The van der Waals surface area contributed by atoms with Crippen molar-refractivity contribution in [1.82, 2.24) is 4.57 Å². The number of nitriles is 1. The minimum Gasteiger partial charge on any atom is -0.490 e. The standard InChI is InChI=1S/C15H14N4O5/c1-8-4-11(19(21)22)12(23-2)5-10(8)18-7-9(6-16)13(17)14(18)15(20)24-3/h4-5,7H,17H2,1-3H3. The van der Waals surface area contributed by atoms with Gasteiger partial charge in [-0.25, -0.2) is 4.79 Å². The van der Waals surface area contributed by atoms with Gasteiger partial charge in [0.1, 0.15) is 6.07 Å². The first-order chi connectivity index (χ1) is 11.3. The Bertz CT molecular complexity index is 879. The molecule has 1 aromatic heterocycles. The molecule has 1 heterocycles. The van der Waals surface area contributed by atoms with E-state index in [0.717, 1.165) is 0 Å². The maximum Gasteiger partial charge on any atom is 0.357 e. The maximum atomic E-state index is 12.0. The summed E-state index contributed by atoms with van der Waals surface area (Å²) >= 11 is 0. The number of nitrogens with two attached hydrogens (primary N) is 1. The van der Waals surface area contributed by atoms with E-state index >= 15 is 0 Å². The molecule has 124 valence electrons. The molecule has 0 aliphatic rings. The van der Waals surface area contributed by atoms with E-state index in [1.54, 1.807) is 6.92 Å². The van der Waals surface area contributed by atoms with Crippen LogP contribution in [0.15, 0.2) is 18.3 Å². The molecular formula is C15H14N4O5. The van der Waals surface area contributed by atoms with Crippen molar-refractivity contribution in [3.63, 3.8) is 0 Å². The molecule has 0 amide bonds. The second-order valence-electron chi connectivity index (χ2n) is 4.85. The van der Waals surface area contributed by atoms with Gasteiger partial charge in [0.05, 0.1) is 36.1 Å². The highest BCUT2D eigenvalue weighted by Gasteiger charge is 2.25. The van der Waals surface area contributed by atoms with Crippen molar-refractivity contribution < 1.29 is 19.2 Å². The molecule has 0 saturated heterocycles. The summed E-state index contributed by atoms with van der Waals surface area (Å²) in [4.78, 5) is 22.5. The first kappa shape index (κ1) is 16.8. The highest BCUT2D eigenvalue weighted by molar-refractivity contribution is 5.96. The molecule has 2 rings (SSSR count). The number of nitrogen functional groups attached to an aromatic ring is 1. The number of aromatic nitrogens is 1. The Morgan fingerprint density at radius 3 is 2.58 bits per heavy atom. The molecule has 1 aromatic carbocycles. The summed E-state index contributed by atoms with van der Waals surface area (Å²) in [6.07, 6.45) is 1.37. The monoisotopic (exact) mass is 330 g/mol. The summed E-state index contributed by atoms with van der Waals surface area (Å²) in [5.74, 6) is -0.715. The number of rotatable bonds is 4. The molecule has 24 heavy (non-hydrogen) atoms. The summed E-state index contributed by atoms with van der Waals surface area (Å²) in [6, 6.07) is 4.61. The summed E-state index contributed by atoms with van der Waals surface area (Å²) < 4.78 is 11.1. The number of hydrogen-bond acceptors (Lipinski definition) is 7. The molecule has 0 bridgehead atoms. The molecule has 0 fully saturated rings. The Morgan fingerprint density at radius 2 is 2.08 bits per heavy atom. The summed E-state index contributed by atoms with van der Waals surface area (Å²) in [5, 5.41) is 20.2. The van der Waals surface area contributed by atoms with Crippen LogP contribution in [0.1, 0.15) is 21.6 Å². The molecule has 9 nitrogen and oxygen atoms in total. The molecule has 0 radical (unpaired) electrons. The number of carbonyl (C=O) groups is 1. The van der Waals surface area contributed by atoms with E-state index in [-0.39, 0.29) is 28.4 Å². The van der Waals surface area contributed by atoms with Crippen LogP contribution in [0.4, 0.5) is 11.4 Å². The summed E-state index contributed by atoms with van der Waals surface area (Å²) in [5.41, 5.74) is 6.56. The number of carbonyl (C=O) groups excluding carboxylic acids is 1. The number of hydrogen-bond donors (Lipinski definition) is 1. The number of ether oxygens (including phenoxy) is 2. The van der Waals surface area contributed by atoms with Crippen LogP contribution in [-0.4, -0.2) is 29.7 Å². The molecule has 0 atom stereocenters. The third-order valence-electron chi connectivity index (χ3n) is 3.50. The van der Waals surface area contributed by atoms with Crippen molar-refractivity contribution in [2.45, 2.75) is 6.92 Å². The molecule has 0 spiro atoms. The normalized spacial score (nSPS) is 10.1. The number of methoxy groups -OCH3 is 2. The molecule has 0 saturated carbocycles. The van der Waals surface area contributed by atoms with Crippen LogP contribution >= 0.6 is 0 Å². The SMILES string of the molecule is COC(=O)c1c(N)c(C#N)cn1-c1cc(OC)c([N+](=O)[O-])cc1C. The molecule has 0 aliphatic carbocycles. The smallest absolute Gasteiger partial charge is 0.357 e. The van der Waals surface area contributed by atoms with Gasteiger partial charge in [0.25, 0.3) is 0 Å². The maximum absolute atomic E-state index is 12.0. The van der Waals surface area contributed by atoms with E-state index in [1.165, 1.54) is 37.1 Å². The van der Waals surface area contributed by atoms with E-state index in [9.17, 15) is 14.9 Å². The van der Waals surface area contributed by atoms with Crippen LogP contribution in [0.2, 0.25) is 0 Å². The van der Waals surface area contributed by atoms with Crippen LogP contribution in [-0.2, 0) is 4.74 Å². The fraction of sp³-hybridized carbons (Fsp3) is 0.200. The summed E-state index contributed by atoms with van der Waals surface area (Å²) in [6.45, 7) is 1.63. The number of nitrogens with zero attached hydrogens (tertiary/aromatic N) is 3. The number of benzene rings is 1. The quantitative estimate of drug-likeness (QED) is 0.514. The van der Waals surface area contributed by atoms with Gasteiger partial charge in [0.2, 0.25) is 0 Å². The number of anilines is 1. The number of nitro benzene ring substituents is 1. The van der Waals surface area contributed by atoms with Crippen molar-refractivity contribution >= 4 is 17.3 Å². The van der Waals surface area contributed by atoms with Crippen molar-refractivity contribution in [3.8, 4) is 17.5 Å². The van der Waals surface area contributed by atoms with Crippen molar-refractivity contribution in [1.29, 1.82) is 5.26 Å². The fourth-order valence-electron chi connectivity index (χ4n) is 2.33. The van der Waals surface area contributed by atoms with Gasteiger partial charge >= 0.3 is 11.7 Å². The van der Waals surface area contributed by atoms with E-state index in [2.05, 4.69) is 0 Å². The zero-order valence-electron chi connectivity index (χ0n) is 13.2. The first-order valence-corrected chi connectivity index (χ1v) is 6.68. The zero-order valence-corrected chi connectivity index (χ0v) is 13.2. The second kappa shape index (κ2) is 6.29. The van der Waals surface area contributed by atoms with Crippen LogP contribution < -0.4 is 10.5 Å². The minimum absolute atomic E-state index is 0.0159. The Morgan fingerprint density at radius 1 is 1.42 bits per heavy atom. The predicted molar refractivity (Wildman–Crippen MR) is 84.2 cm³/mol. The van der Waals surface area contributed by atoms with Crippen LogP contribution in [0.5, 0.6) is 5.75 Å². The van der Waals surface area contributed by atoms with Gasteiger partial charge in [0.15, 0.2) is 11.4 Å². The first-order valence-electron chi connectivity index (χ1n) is 6.68. The highest BCUT2D eigenvalue weighted by Crippen LogP contribution is 2.34. The van der Waals surface area contributed by atoms with E-state index in [4.69, 9.17) is 20.5 Å². The largest absolute Gasteiger partial charge is 0.490 e. The average molecular weight is 330 g/mol. The van der Waals surface area contributed by atoms with Crippen LogP contribution in [0.25, 0.3) is 5.69 Å². The van der Waals surface area contributed by atoms with Gasteiger partial charge in [0, 0.05) is 18.3 Å². The lowest BCUT2D eigenvalue weighted by molar-refractivity contribution is -0.385. The molecule has 0 unspecified atom stereocenters. The third-order valence-corrected chi connectivity index (χ3v) is 3.50. The Hall–Kier alpha value is -3.54. The molecular weight excluding hydrogens is 316 g/mol. The van der Waals surface area contributed by atoms with E-state index in [0.29, 0.717) is 11.3 Å². The molecule has 2 aromatic rings. The van der Waals surface area contributed by atoms with Gasteiger partial charge in [-0.1, -0.05) is 0 Å². The number of nitro groups is 1. The minimum atomic E-state index is -0.731. The number of esters is 1. The summed E-state index contributed by atoms with van der Waals surface area (Å²) in [7, 11) is 2.49. The number of aryl methyl sites for hydroxylation is 1. The van der Waals surface area contributed by atoms with Gasteiger partial charge in [-0.2, -0.15) is 5.26 Å². The lowest BCUT2D eigenvalue weighted by Gasteiger charge is -2.13. The van der Waals surface area contributed by atoms with Gasteiger partial charge in [-0.15, -0.1) is 0 Å². The van der Waals surface area contributed by atoms with E-state index in [1.807, 2.05) is 6.07 Å². The lowest BCUT2D eigenvalue weighted by atomic mass is 10.1. The predicted octanol–water partition coefficient (Wildman–Crippen LogP) is 1.94. The van der Waals surface area contributed by atoms with Crippen LogP contribution in [0, 0.1) is 28.4 Å². The third kappa shape index (κ3) is 2.61. The van der Waals surface area contributed by atoms with Crippen LogP contribution in [0.3, 0.4) is 0 Å². The van der Waals surface area contributed by atoms with Crippen molar-refractivity contribution in [2.75, 3.05) is 20.0 Å².